The van der Waals surface area contributed by atoms with Gasteiger partial charge in [0.2, 0.25) is 0 Å². The van der Waals surface area contributed by atoms with Crippen molar-refractivity contribution in [3.8, 4) is 0 Å². The summed E-state index contributed by atoms with van der Waals surface area (Å²) in [5, 5.41) is 0. The molecule has 3 heteroatoms. The molecule has 188 valence electrons. The molecular weight excluding hydrogens is 583 g/mol. The van der Waals surface area contributed by atoms with E-state index in [0.29, 0.717) is 0 Å². The van der Waals surface area contributed by atoms with Crippen molar-refractivity contribution in [1.29, 1.82) is 0 Å². The Hall–Kier alpha value is -1.14. The van der Waals surface area contributed by atoms with Crippen LogP contribution in [0.4, 0.5) is 0 Å². The van der Waals surface area contributed by atoms with Gasteiger partial charge in [-0.2, -0.15) is 0 Å². The van der Waals surface area contributed by atoms with Gasteiger partial charge in [0.1, 0.15) is 0 Å². The Morgan fingerprint density at radius 2 is 0.947 bits per heavy atom. The number of allylic oxidation sites excluding steroid dienone is 8. The van der Waals surface area contributed by atoms with E-state index >= 15 is 0 Å². The van der Waals surface area contributed by atoms with Crippen molar-refractivity contribution in [3.05, 3.63) is 181 Å². The topological polar surface area (TPSA) is 0 Å². The zero-order valence-electron chi connectivity index (χ0n) is 21.9. The maximum atomic E-state index is 4.93. The molecule has 2 saturated carbocycles. The summed E-state index contributed by atoms with van der Waals surface area (Å²) < 4.78 is 0. The van der Waals surface area contributed by atoms with Crippen LogP contribution in [0, 0.1) is 66.1 Å². The summed E-state index contributed by atoms with van der Waals surface area (Å²) in [5.41, 5.74) is 2.21. The third-order valence-corrected chi connectivity index (χ3v) is 7.52. The monoisotopic (exact) mass is 610 g/mol. The second kappa shape index (κ2) is 12.2. The molecule has 0 amide bonds. The first kappa shape index (κ1) is 28.4. The van der Waals surface area contributed by atoms with Crippen LogP contribution < -0.4 is 0 Å². The molecular formula is C35H30Cl2Zr. The Kier molecular flexibility index (Phi) is 9.09. The second-order valence-electron chi connectivity index (χ2n) is 10.7. The van der Waals surface area contributed by atoms with Gasteiger partial charge in [-0.3, -0.25) is 0 Å². The van der Waals surface area contributed by atoms with Crippen LogP contribution in [-0.4, -0.2) is 0 Å². The fraction of sp³-hybridized carbons (Fsp3) is 0.143. The minimum atomic E-state index is -0.826. The molecule has 4 aliphatic carbocycles. The number of benzene rings is 2. The fourth-order valence-electron chi connectivity index (χ4n) is 5.87. The molecule has 0 saturated heterocycles. The molecule has 10 radical (unpaired) electrons. The van der Waals surface area contributed by atoms with Crippen LogP contribution in [0.5, 0.6) is 0 Å². The van der Waals surface area contributed by atoms with Crippen molar-refractivity contribution >= 4 is 17.0 Å². The van der Waals surface area contributed by atoms with Crippen LogP contribution in [0.2, 0.25) is 0 Å². The van der Waals surface area contributed by atoms with Crippen molar-refractivity contribution in [2.24, 2.45) is 5.41 Å². The first-order chi connectivity index (χ1) is 18.4. The van der Waals surface area contributed by atoms with E-state index in [1.165, 1.54) is 52.6 Å². The molecule has 4 aliphatic rings. The average Bonchev–Trinajstić information content (AvgIpc) is 3.56. The SMILES string of the molecule is CC(C)(C)[C]1[CH][CH][C](C([C]2[C]3C=CC=C[C]3[C]3C=CC=C[C]32)(c2ccccc2)c2ccccc2)[CH]1.[Cl][Zr][Cl]. The summed E-state index contributed by atoms with van der Waals surface area (Å²) >= 11 is -0.826. The molecule has 0 heterocycles. The Labute approximate surface area is 249 Å². The van der Waals surface area contributed by atoms with Crippen molar-refractivity contribution < 1.29 is 20.8 Å². The van der Waals surface area contributed by atoms with Crippen LogP contribution in [0.25, 0.3) is 0 Å². The molecule has 0 aliphatic heterocycles. The molecule has 0 spiro atoms. The first-order valence-corrected chi connectivity index (χ1v) is 19.2. The van der Waals surface area contributed by atoms with E-state index in [0.717, 1.165) is 0 Å². The van der Waals surface area contributed by atoms with Crippen LogP contribution in [0.15, 0.2) is 109 Å². The third kappa shape index (κ3) is 5.18. The van der Waals surface area contributed by atoms with Gasteiger partial charge in [-0.05, 0) is 47.6 Å². The van der Waals surface area contributed by atoms with Crippen LogP contribution in [-0.2, 0) is 26.3 Å². The quantitative estimate of drug-likeness (QED) is 0.323. The standard InChI is InChI=1S/C35H30.2ClH.Zr/c1-34(2,3)27-22-23-28(24-27)35(25-14-6-4-7-15-25,26-16-8-5-9-17-26)33-31-20-12-10-18-29(31)30-19-11-13-21-32(30)33;;;/h4-24H,1-3H3;2*1H;/q;;;+2/p-2. The molecule has 2 aromatic rings. The Balaban J connectivity index is 0.000000937. The van der Waals surface area contributed by atoms with Gasteiger partial charge in [-0.25, -0.2) is 0 Å². The van der Waals surface area contributed by atoms with Gasteiger partial charge in [0.25, 0.3) is 0 Å². The van der Waals surface area contributed by atoms with E-state index in [1.807, 2.05) is 0 Å². The molecule has 0 N–H and O–H groups in total. The summed E-state index contributed by atoms with van der Waals surface area (Å²) in [4.78, 5) is 0. The normalized spacial score (nSPS) is 21.4. The maximum absolute atomic E-state index is 4.93. The van der Waals surface area contributed by atoms with Gasteiger partial charge in [-0.1, -0.05) is 130 Å². The molecule has 0 unspecified atom stereocenters. The summed E-state index contributed by atoms with van der Waals surface area (Å²) in [6.07, 6.45) is 24.9. The molecule has 0 nitrogen and oxygen atoms in total. The van der Waals surface area contributed by atoms with E-state index in [9.17, 15) is 0 Å². The van der Waals surface area contributed by atoms with Crippen molar-refractivity contribution in [3.63, 3.8) is 0 Å². The van der Waals surface area contributed by atoms with E-state index in [-0.39, 0.29) is 5.41 Å². The number of halogens is 2. The summed E-state index contributed by atoms with van der Waals surface area (Å²) in [6, 6.07) is 22.1. The van der Waals surface area contributed by atoms with Crippen LogP contribution in [0.1, 0.15) is 31.9 Å². The van der Waals surface area contributed by atoms with Crippen molar-refractivity contribution in [1.82, 2.24) is 0 Å². The predicted molar refractivity (Wildman–Crippen MR) is 157 cm³/mol. The van der Waals surface area contributed by atoms with Crippen LogP contribution in [0.3, 0.4) is 0 Å². The number of fused-ring (bicyclic) bond motifs is 3. The average molecular weight is 613 g/mol. The zero-order valence-corrected chi connectivity index (χ0v) is 25.9. The Morgan fingerprint density at radius 3 is 1.34 bits per heavy atom. The van der Waals surface area contributed by atoms with Gasteiger partial charge in [0, 0.05) is 35.0 Å². The molecule has 0 bridgehead atoms. The van der Waals surface area contributed by atoms with E-state index in [4.69, 9.17) is 17.0 Å². The van der Waals surface area contributed by atoms with Gasteiger partial charge in [0.15, 0.2) is 0 Å². The molecule has 2 aromatic carbocycles. The molecule has 0 atom stereocenters. The summed E-state index contributed by atoms with van der Waals surface area (Å²) in [5.74, 6) is 9.33. The van der Waals surface area contributed by atoms with Gasteiger partial charge in [-0.15, -0.1) is 0 Å². The minimum absolute atomic E-state index is 0.0769. The molecule has 2 fully saturated rings. The van der Waals surface area contributed by atoms with Gasteiger partial charge in [0.05, 0.1) is 0 Å². The summed E-state index contributed by atoms with van der Waals surface area (Å²) in [6.45, 7) is 6.89. The van der Waals surface area contributed by atoms with Gasteiger partial charge >= 0.3 is 37.9 Å². The first-order valence-electron chi connectivity index (χ1n) is 12.8. The Morgan fingerprint density at radius 1 is 0.553 bits per heavy atom. The van der Waals surface area contributed by atoms with Gasteiger partial charge < -0.3 is 0 Å². The fourth-order valence-corrected chi connectivity index (χ4v) is 5.87. The molecule has 6 rings (SSSR count). The number of hydrogen-bond donors (Lipinski definition) is 0. The van der Waals surface area contributed by atoms with E-state index in [2.05, 4.69) is 149 Å². The Bertz CT molecular complexity index is 1100. The van der Waals surface area contributed by atoms with Crippen LogP contribution >= 0.6 is 17.0 Å². The van der Waals surface area contributed by atoms with Crippen molar-refractivity contribution in [2.75, 3.05) is 0 Å². The third-order valence-electron chi connectivity index (χ3n) is 7.52. The second-order valence-corrected chi connectivity index (χ2v) is 14.4. The number of rotatable bonds is 4. The van der Waals surface area contributed by atoms with Crippen molar-refractivity contribution in [2.45, 2.75) is 26.2 Å². The zero-order chi connectivity index (χ0) is 26.8. The van der Waals surface area contributed by atoms with E-state index < -0.39 is 26.3 Å². The molecule has 38 heavy (non-hydrogen) atoms. The predicted octanol–water partition coefficient (Wildman–Crippen LogP) is 9.31. The summed E-state index contributed by atoms with van der Waals surface area (Å²) in [7, 11) is 9.87. The van der Waals surface area contributed by atoms with E-state index in [1.54, 1.807) is 0 Å². The number of hydrogen-bond acceptors (Lipinski definition) is 0. The molecule has 0 aromatic heterocycles.